The van der Waals surface area contributed by atoms with Crippen LogP contribution in [-0.4, -0.2) is 25.1 Å². The van der Waals surface area contributed by atoms with Crippen molar-refractivity contribution >= 4 is 40.8 Å². The lowest BCUT2D eigenvalue weighted by atomic mass is 10.1. The van der Waals surface area contributed by atoms with Gasteiger partial charge in [0.1, 0.15) is 5.75 Å². The summed E-state index contributed by atoms with van der Waals surface area (Å²) in [6.45, 7) is 3.55. The Hall–Kier alpha value is -2.24. The van der Waals surface area contributed by atoms with Crippen LogP contribution in [0.2, 0.25) is 10.0 Å². The summed E-state index contributed by atoms with van der Waals surface area (Å²) in [5.74, 6) is -0.564. The molecular formula is C18H17Cl2NO4. The summed E-state index contributed by atoms with van der Waals surface area (Å²) < 4.78 is 10.3. The minimum atomic E-state index is -0.806. The van der Waals surface area contributed by atoms with Crippen molar-refractivity contribution in [3.63, 3.8) is 0 Å². The zero-order valence-corrected chi connectivity index (χ0v) is 15.4. The van der Waals surface area contributed by atoms with Gasteiger partial charge in [0.15, 0.2) is 6.10 Å². The van der Waals surface area contributed by atoms with Gasteiger partial charge in [0.05, 0.1) is 23.4 Å². The average Bonchev–Trinajstić information content (AvgIpc) is 2.58. The first-order valence-corrected chi connectivity index (χ1v) is 8.19. The molecule has 5 nitrogen and oxygen atoms in total. The van der Waals surface area contributed by atoms with E-state index < -0.39 is 18.0 Å². The van der Waals surface area contributed by atoms with Gasteiger partial charge in [-0.15, -0.1) is 0 Å². The molecule has 1 amide bonds. The largest absolute Gasteiger partial charge is 0.481 e. The van der Waals surface area contributed by atoms with Gasteiger partial charge in [0.25, 0.3) is 5.91 Å². The van der Waals surface area contributed by atoms with Crippen molar-refractivity contribution in [2.45, 2.75) is 20.0 Å². The second-order valence-corrected chi connectivity index (χ2v) is 6.21. The number of nitrogens with one attached hydrogen (secondary N) is 1. The van der Waals surface area contributed by atoms with E-state index in [9.17, 15) is 9.59 Å². The first kappa shape index (κ1) is 19.1. The van der Waals surface area contributed by atoms with E-state index in [0.717, 1.165) is 5.56 Å². The molecular weight excluding hydrogens is 365 g/mol. The van der Waals surface area contributed by atoms with E-state index in [1.54, 1.807) is 19.1 Å². The normalized spacial score (nSPS) is 11.6. The lowest BCUT2D eigenvalue weighted by molar-refractivity contribution is -0.122. The summed E-state index contributed by atoms with van der Waals surface area (Å²) >= 11 is 12.0. The number of amides is 1. The van der Waals surface area contributed by atoms with Crippen LogP contribution in [-0.2, 0) is 9.53 Å². The number of aryl methyl sites for hydroxylation is 1. The molecule has 0 heterocycles. The van der Waals surface area contributed by atoms with Crippen molar-refractivity contribution < 1.29 is 19.1 Å². The second kappa shape index (κ2) is 8.23. The fraction of sp³-hybridized carbons (Fsp3) is 0.222. The first-order chi connectivity index (χ1) is 11.8. The summed E-state index contributed by atoms with van der Waals surface area (Å²) in [7, 11) is 1.23. The van der Waals surface area contributed by atoms with Crippen LogP contribution in [0.1, 0.15) is 22.8 Å². The molecule has 0 fully saturated rings. The lowest BCUT2D eigenvalue weighted by Gasteiger charge is -2.17. The van der Waals surface area contributed by atoms with Gasteiger partial charge >= 0.3 is 5.97 Å². The molecule has 25 heavy (non-hydrogen) atoms. The maximum absolute atomic E-state index is 12.4. The highest BCUT2D eigenvalue weighted by Crippen LogP contribution is 2.31. The Morgan fingerprint density at radius 1 is 1.12 bits per heavy atom. The Morgan fingerprint density at radius 3 is 2.36 bits per heavy atom. The molecule has 1 N–H and O–H groups in total. The van der Waals surface area contributed by atoms with Gasteiger partial charge in [0, 0.05) is 5.02 Å². The quantitative estimate of drug-likeness (QED) is 0.774. The minimum absolute atomic E-state index is 0.0656. The molecule has 0 aliphatic heterocycles. The lowest BCUT2D eigenvalue weighted by Crippen LogP contribution is -2.31. The Balaban J connectivity index is 2.19. The summed E-state index contributed by atoms with van der Waals surface area (Å²) in [5, 5.41) is 2.98. The zero-order valence-electron chi connectivity index (χ0n) is 13.9. The molecule has 1 atom stereocenters. The minimum Gasteiger partial charge on any atom is -0.481 e. The predicted molar refractivity (Wildman–Crippen MR) is 97.7 cm³/mol. The molecule has 0 spiro atoms. The molecule has 1 unspecified atom stereocenters. The van der Waals surface area contributed by atoms with Crippen molar-refractivity contribution in [1.82, 2.24) is 0 Å². The molecule has 132 valence electrons. The third-order valence-electron chi connectivity index (χ3n) is 3.41. The van der Waals surface area contributed by atoms with E-state index in [2.05, 4.69) is 5.32 Å². The molecule has 0 saturated heterocycles. The topological polar surface area (TPSA) is 64.6 Å². The maximum atomic E-state index is 12.4. The number of methoxy groups -OCH3 is 1. The van der Waals surface area contributed by atoms with Gasteiger partial charge in [-0.25, -0.2) is 4.79 Å². The number of anilines is 1. The number of hydrogen-bond donors (Lipinski definition) is 1. The van der Waals surface area contributed by atoms with Crippen LogP contribution in [0.15, 0.2) is 36.4 Å². The number of carbonyl (C=O) groups is 2. The van der Waals surface area contributed by atoms with E-state index in [1.807, 2.05) is 19.1 Å². The van der Waals surface area contributed by atoms with Gasteiger partial charge in [-0.3, -0.25) is 4.79 Å². The SMILES string of the molecule is COC(=O)c1cc(Cl)cc(Cl)c1NC(=O)C(C)Oc1ccc(C)cc1. The molecule has 0 aliphatic rings. The fourth-order valence-electron chi connectivity index (χ4n) is 2.07. The van der Waals surface area contributed by atoms with Crippen molar-refractivity contribution in [2.75, 3.05) is 12.4 Å². The zero-order chi connectivity index (χ0) is 18.6. The van der Waals surface area contributed by atoms with Crippen LogP contribution in [0.3, 0.4) is 0 Å². The Bertz CT molecular complexity index is 790. The molecule has 0 aliphatic carbocycles. The standard InChI is InChI=1S/C18H17Cl2NO4/c1-10-4-6-13(7-5-10)25-11(2)17(22)21-16-14(18(23)24-3)8-12(19)9-15(16)20/h4-9,11H,1-3H3,(H,21,22). The summed E-state index contributed by atoms with van der Waals surface area (Å²) in [4.78, 5) is 24.3. The molecule has 2 aromatic carbocycles. The molecule has 7 heteroatoms. The van der Waals surface area contributed by atoms with Crippen LogP contribution in [0.4, 0.5) is 5.69 Å². The van der Waals surface area contributed by atoms with Crippen LogP contribution >= 0.6 is 23.2 Å². The number of esters is 1. The van der Waals surface area contributed by atoms with Crippen molar-refractivity contribution in [3.8, 4) is 5.75 Å². The van der Waals surface area contributed by atoms with E-state index >= 15 is 0 Å². The molecule has 2 rings (SSSR count). The summed E-state index contributed by atoms with van der Waals surface area (Å²) in [6.07, 6.45) is -0.806. The highest BCUT2D eigenvalue weighted by Gasteiger charge is 2.22. The Labute approximate surface area is 155 Å². The average molecular weight is 382 g/mol. The van der Waals surface area contributed by atoms with Crippen molar-refractivity contribution in [1.29, 1.82) is 0 Å². The van der Waals surface area contributed by atoms with Crippen molar-refractivity contribution in [3.05, 3.63) is 57.6 Å². The summed E-state index contributed by atoms with van der Waals surface area (Å²) in [5.41, 5.74) is 1.28. The highest BCUT2D eigenvalue weighted by molar-refractivity contribution is 6.37. The second-order valence-electron chi connectivity index (χ2n) is 5.36. The first-order valence-electron chi connectivity index (χ1n) is 7.43. The number of halogens is 2. The van der Waals surface area contributed by atoms with E-state index in [0.29, 0.717) is 5.75 Å². The predicted octanol–water partition coefficient (Wildman–Crippen LogP) is 4.49. The van der Waals surface area contributed by atoms with Crippen LogP contribution in [0.25, 0.3) is 0 Å². The summed E-state index contributed by atoms with van der Waals surface area (Å²) in [6, 6.07) is 10.1. The number of rotatable bonds is 5. The fourth-order valence-corrected chi connectivity index (χ4v) is 2.61. The third kappa shape index (κ3) is 4.87. The van der Waals surface area contributed by atoms with Crippen LogP contribution in [0.5, 0.6) is 5.75 Å². The molecule has 0 radical (unpaired) electrons. The molecule has 0 aromatic heterocycles. The highest BCUT2D eigenvalue weighted by atomic mass is 35.5. The number of benzene rings is 2. The van der Waals surface area contributed by atoms with Gasteiger partial charge < -0.3 is 14.8 Å². The number of ether oxygens (including phenoxy) is 2. The molecule has 0 saturated carbocycles. The van der Waals surface area contributed by atoms with Crippen LogP contribution < -0.4 is 10.1 Å². The molecule has 0 bridgehead atoms. The number of hydrogen-bond acceptors (Lipinski definition) is 4. The van der Waals surface area contributed by atoms with Gasteiger partial charge in [-0.2, -0.15) is 0 Å². The van der Waals surface area contributed by atoms with Crippen molar-refractivity contribution in [2.24, 2.45) is 0 Å². The Kier molecular flexibility index (Phi) is 6.28. The maximum Gasteiger partial charge on any atom is 0.340 e. The molecule has 2 aromatic rings. The van der Waals surface area contributed by atoms with E-state index in [-0.39, 0.29) is 21.3 Å². The van der Waals surface area contributed by atoms with E-state index in [1.165, 1.54) is 19.2 Å². The Morgan fingerprint density at radius 2 is 1.76 bits per heavy atom. The van der Waals surface area contributed by atoms with Crippen LogP contribution in [0, 0.1) is 6.92 Å². The monoisotopic (exact) mass is 381 g/mol. The van der Waals surface area contributed by atoms with Gasteiger partial charge in [0.2, 0.25) is 0 Å². The van der Waals surface area contributed by atoms with Gasteiger partial charge in [-0.1, -0.05) is 40.9 Å². The smallest absolute Gasteiger partial charge is 0.340 e. The number of carbonyl (C=O) groups excluding carboxylic acids is 2. The van der Waals surface area contributed by atoms with Gasteiger partial charge in [-0.05, 0) is 38.1 Å². The van der Waals surface area contributed by atoms with E-state index in [4.69, 9.17) is 32.7 Å². The third-order valence-corrected chi connectivity index (χ3v) is 3.93.